The Bertz CT molecular complexity index is 331. The number of hydrogen-bond donors (Lipinski definition) is 1. The van der Waals surface area contributed by atoms with Gasteiger partial charge < -0.3 is 10.1 Å². The third kappa shape index (κ3) is 3.85. The molecule has 1 aromatic heterocycles. The molecule has 5 heteroatoms. The molecule has 1 N–H and O–H groups in total. The summed E-state index contributed by atoms with van der Waals surface area (Å²) in [5.41, 5.74) is 0.448. The summed E-state index contributed by atoms with van der Waals surface area (Å²) in [4.78, 5) is 15.4. The molecule has 1 aromatic rings. The third-order valence-electron chi connectivity index (χ3n) is 1.83. The van der Waals surface area contributed by atoms with E-state index in [2.05, 4.69) is 10.3 Å². The first-order chi connectivity index (χ1) is 7.25. The molecule has 1 amide bonds. The number of halogens is 1. The van der Waals surface area contributed by atoms with Gasteiger partial charge in [-0.15, -0.1) is 0 Å². The maximum atomic E-state index is 11.6. The summed E-state index contributed by atoms with van der Waals surface area (Å²) < 4.78 is 4.87. The first-order valence-corrected chi connectivity index (χ1v) is 5.00. The van der Waals surface area contributed by atoms with Crippen LogP contribution in [0.15, 0.2) is 18.5 Å². The molecule has 0 aliphatic carbocycles. The summed E-state index contributed by atoms with van der Waals surface area (Å²) in [6.45, 7) is 1.20. The Hall–Kier alpha value is -1.13. The van der Waals surface area contributed by atoms with Crippen LogP contribution in [0.4, 0.5) is 0 Å². The van der Waals surface area contributed by atoms with Crippen molar-refractivity contribution in [1.82, 2.24) is 10.3 Å². The summed E-state index contributed by atoms with van der Waals surface area (Å²) in [5, 5.41) is 3.11. The highest BCUT2D eigenvalue weighted by molar-refractivity contribution is 6.33. The average Bonchev–Trinajstić information content (AvgIpc) is 2.25. The molecule has 1 heterocycles. The summed E-state index contributed by atoms with van der Waals surface area (Å²) in [6, 6.07) is 1.59. The molecule has 0 aromatic carbocycles. The van der Waals surface area contributed by atoms with Gasteiger partial charge in [0, 0.05) is 32.7 Å². The standard InChI is InChI=1S/C10H13ClN2O2/c1-15-6-2-4-13-10(14)8-3-5-12-7-9(8)11/h3,5,7H,2,4,6H2,1H3,(H,13,14). The van der Waals surface area contributed by atoms with Crippen molar-refractivity contribution in [2.24, 2.45) is 0 Å². The highest BCUT2D eigenvalue weighted by Crippen LogP contribution is 2.12. The fourth-order valence-electron chi connectivity index (χ4n) is 1.07. The van der Waals surface area contributed by atoms with E-state index < -0.39 is 0 Å². The molecule has 0 fully saturated rings. The monoisotopic (exact) mass is 228 g/mol. The van der Waals surface area contributed by atoms with Gasteiger partial charge >= 0.3 is 0 Å². The molecule has 0 atom stereocenters. The first-order valence-electron chi connectivity index (χ1n) is 4.62. The molecule has 0 bridgehead atoms. The van der Waals surface area contributed by atoms with Crippen molar-refractivity contribution in [2.45, 2.75) is 6.42 Å². The molecule has 0 aliphatic rings. The Kier molecular flexibility index (Phi) is 5.07. The van der Waals surface area contributed by atoms with Crippen molar-refractivity contribution in [3.63, 3.8) is 0 Å². The smallest absolute Gasteiger partial charge is 0.252 e. The highest BCUT2D eigenvalue weighted by atomic mass is 35.5. The van der Waals surface area contributed by atoms with Crippen LogP contribution < -0.4 is 5.32 Å². The lowest BCUT2D eigenvalue weighted by Crippen LogP contribution is -2.25. The molecule has 1 rings (SSSR count). The lowest BCUT2D eigenvalue weighted by atomic mass is 10.2. The number of carbonyl (C=O) groups excluding carboxylic acids is 1. The summed E-state index contributed by atoms with van der Waals surface area (Å²) in [7, 11) is 1.63. The maximum absolute atomic E-state index is 11.6. The fraction of sp³-hybridized carbons (Fsp3) is 0.400. The lowest BCUT2D eigenvalue weighted by molar-refractivity contribution is 0.0948. The number of aromatic nitrogens is 1. The van der Waals surface area contributed by atoms with Gasteiger partial charge in [-0.3, -0.25) is 9.78 Å². The molecule has 0 saturated carbocycles. The van der Waals surface area contributed by atoms with Gasteiger partial charge in [0.25, 0.3) is 5.91 Å². The third-order valence-corrected chi connectivity index (χ3v) is 2.13. The Morgan fingerprint density at radius 2 is 2.47 bits per heavy atom. The second-order valence-corrected chi connectivity index (χ2v) is 3.36. The van der Waals surface area contributed by atoms with Crippen LogP contribution >= 0.6 is 11.6 Å². The van der Waals surface area contributed by atoms with E-state index in [9.17, 15) is 4.79 Å². The van der Waals surface area contributed by atoms with Crippen LogP contribution in [0.1, 0.15) is 16.8 Å². The van der Waals surface area contributed by atoms with Crippen molar-refractivity contribution in [3.05, 3.63) is 29.0 Å². The van der Waals surface area contributed by atoms with Crippen LogP contribution in [0, 0.1) is 0 Å². The molecular weight excluding hydrogens is 216 g/mol. The molecule has 0 saturated heterocycles. The summed E-state index contributed by atoms with van der Waals surface area (Å²) >= 11 is 5.81. The summed E-state index contributed by atoms with van der Waals surface area (Å²) in [6.07, 6.45) is 3.77. The highest BCUT2D eigenvalue weighted by Gasteiger charge is 2.08. The number of carbonyl (C=O) groups is 1. The zero-order valence-electron chi connectivity index (χ0n) is 8.50. The molecule has 0 aliphatic heterocycles. The number of amides is 1. The predicted molar refractivity (Wildman–Crippen MR) is 58.1 cm³/mol. The van der Waals surface area contributed by atoms with Gasteiger partial charge in [0.1, 0.15) is 0 Å². The molecular formula is C10H13ClN2O2. The van der Waals surface area contributed by atoms with Crippen LogP contribution in [-0.4, -0.2) is 31.2 Å². The quantitative estimate of drug-likeness (QED) is 0.778. The minimum absolute atomic E-state index is 0.182. The van der Waals surface area contributed by atoms with Gasteiger partial charge in [-0.1, -0.05) is 11.6 Å². The molecule has 4 nitrogen and oxygen atoms in total. The second kappa shape index (κ2) is 6.37. The SMILES string of the molecule is COCCCNC(=O)c1ccncc1Cl. The summed E-state index contributed by atoms with van der Waals surface area (Å²) in [5.74, 6) is -0.182. The van der Waals surface area contributed by atoms with Crippen molar-refractivity contribution in [2.75, 3.05) is 20.3 Å². The van der Waals surface area contributed by atoms with Crippen LogP contribution in [0.2, 0.25) is 5.02 Å². The van der Waals surface area contributed by atoms with E-state index in [-0.39, 0.29) is 5.91 Å². The van der Waals surface area contributed by atoms with Gasteiger partial charge in [0.15, 0.2) is 0 Å². The molecule has 82 valence electrons. The van der Waals surface area contributed by atoms with E-state index >= 15 is 0 Å². The number of methoxy groups -OCH3 is 1. The van der Waals surface area contributed by atoms with Crippen molar-refractivity contribution >= 4 is 17.5 Å². The number of rotatable bonds is 5. The minimum atomic E-state index is -0.182. The van der Waals surface area contributed by atoms with Crippen molar-refractivity contribution in [3.8, 4) is 0 Å². The predicted octanol–water partition coefficient (Wildman–Crippen LogP) is 1.50. The van der Waals surface area contributed by atoms with Gasteiger partial charge in [0.05, 0.1) is 10.6 Å². The molecule has 0 spiro atoms. The van der Waals surface area contributed by atoms with Gasteiger partial charge in [-0.25, -0.2) is 0 Å². The Morgan fingerprint density at radius 1 is 1.67 bits per heavy atom. The number of hydrogen-bond acceptors (Lipinski definition) is 3. The van der Waals surface area contributed by atoms with E-state index in [0.717, 1.165) is 6.42 Å². The van der Waals surface area contributed by atoms with E-state index in [4.69, 9.17) is 16.3 Å². The topological polar surface area (TPSA) is 51.2 Å². The van der Waals surface area contributed by atoms with E-state index in [1.807, 2.05) is 0 Å². The van der Waals surface area contributed by atoms with Gasteiger partial charge in [-0.2, -0.15) is 0 Å². The van der Waals surface area contributed by atoms with Crippen molar-refractivity contribution < 1.29 is 9.53 Å². The Labute approximate surface area is 93.6 Å². The van der Waals surface area contributed by atoms with Crippen molar-refractivity contribution in [1.29, 1.82) is 0 Å². The molecule has 15 heavy (non-hydrogen) atoms. The first kappa shape index (κ1) is 11.9. The van der Waals surface area contributed by atoms with Crippen LogP contribution in [-0.2, 0) is 4.74 Å². The molecule has 0 radical (unpaired) electrons. The van der Waals surface area contributed by atoms with E-state index in [1.54, 1.807) is 13.2 Å². The Balaban J connectivity index is 2.44. The fourth-order valence-corrected chi connectivity index (χ4v) is 1.28. The normalized spacial score (nSPS) is 10.0. The maximum Gasteiger partial charge on any atom is 0.252 e. The zero-order valence-corrected chi connectivity index (χ0v) is 9.25. The minimum Gasteiger partial charge on any atom is -0.385 e. The largest absolute Gasteiger partial charge is 0.385 e. The number of ether oxygens (including phenoxy) is 1. The van der Waals surface area contributed by atoms with Gasteiger partial charge in [-0.05, 0) is 12.5 Å². The van der Waals surface area contributed by atoms with Crippen LogP contribution in [0.3, 0.4) is 0 Å². The number of nitrogens with zero attached hydrogens (tertiary/aromatic N) is 1. The van der Waals surface area contributed by atoms with Crippen LogP contribution in [0.25, 0.3) is 0 Å². The zero-order chi connectivity index (χ0) is 11.1. The van der Waals surface area contributed by atoms with E-state index in [1.165, 1.54) is 12.4 Å². The number of nitrogens with one attached hydrogen (secondary N) is 1. The lowest BCUT2D eigenvalue weighted by Gasteiger charge is -2.05. The molecule has 0 unspecified atom stereocenters. The Morgan fingerprint density at radius 3 is 3.13 bits per heavy atom. The number of pyridine rings is 1. The average molecular weight is 229 g/mol. The van der Waals surface area contributed by atoms with Gasteiger partial charge in [0.2, 0.25) is 0 Å². The second-order valence-electron chi connectivity index (χ2n) is 2.96. The van der Waals surface area contributed by atoms with Crippen LogP contribution in [0.5, 0.6) is 0 Å². The van der Waals surface area contributed by atoms with E-state index in [0.29, 0.717) is 23.7 Å².